The SMILES string of the molecule is CCc1cncc(/C=C/B2OC(C)(C)C(C)(C)O2)c1. The van der Waals surface area contributed by atoms with Gasteiger partial charge in [0.15, 0.2) is 0 Å². The maximum atomic E-state index is 5.91. The smallest absolute Gasteiger partial charge is 0.400 e. The molecular formula is C15H22BNO2. The third-order valence-electron chi connectivity index (χ3n) is 3.94. The molecule has 1 aliphatic rings. The first-order chi connectivity index (χ1) is 8.84. The summed E-state index contributed by atoms with van der Waals surface area (Å²) >= 11 is 0. The molecule has 0 atom stereocenters. The van der Waals surface area contributed by atoms with E-state index in [0.29, 0.717) is 0 Å². The highest BCUT2D eigenvalue weighted by molar-refractivity contribution is 6.52. The Hall–Kier alpha value is -1.13. The van der Waals surface area contributed by atoms with E-state index < -0.39 is 0 Å². The number of nitrogens with zero attached hydrogens (tertiary/aromatic N) is 1. The summed E-state index contributed by atoms with van der Waals surface area (Å²) < 4.78 is 11.8. The second kappa shape index (κ2) is 5.10. The molecule has 2 heterocycles. The molecule has 0 radical (unpaired) electrons. The van der Waals surface area contributed by atoms with Crippen LogP contribution in [0, 0.1) is 0 Å². The maximum Gasteiger partial charge on any atom is 0.487 e. The molecular weight excluding hydrogens is 237 g/mol. The van der Waals surface area contributed by atoms with E-state index in [1.54, 1.807) is 0 Å². The molecule has 0 spiro atoms. The molecule has 0 unspecified atom stereocenters. The Labute approximate surface area is 116 Å². The van der Waals surface area contributed by atoms with Crippen molar-refractivity contribution in [2.24, 2.45) is 0 Å². The Morgan fingerprint density at radius 2 is 1.79 bits per heavy atom. The normalized spacial score (nSPS) is 21.2. The molecule has 1 aromatic rings. The maximum absolute atomic E-state index is 5.91. The van der Waals surface area contributed by atoms with Crippen molar-refractivity contribution in [3.05, 3.63) is 35.6 Å². The molecule has 3 nitrogen and oxygen atoms in total. The van der Waals surface area contributed by atoms with Gasteiger partial charge in [-0.1, -0.05) is 19.0 Å². The molecule has 0 aliphatic carbocycles. The highest BCUT2D eigenvalue weighted by Crippen LogP contribution is 2.36. The number of hydrogen-bond donors (Lipinski definition) is 0. The van der Waals surface area contributed by atoms with E-state index in [2.05, 4.69) is 45.7 Å². The first kappa shape index (κ1) is 14.3. The van der Waals surface area contributed by atoms with Crippen LogP contribution in [0.2, 0.25) is 0 Å². The van der Waals surface area contributed by atoms with Crippen LogP contribution in [-0.2, 0) is 15.7 Å². The zero-order valence-electron chi connectivity index (χ0n) is 12.4. The summed E-state index contributed by atoms with van der Waals surface area (Å²) in [7, 11) is -0.296. The van der Waals surface area contributed by atoms with E-state index in [1.165, 1.54) is 5.56 Å². The molecule has 1 aromatic heterocycles. The van der Waals surface area contributed by atoms with Gasteiger partial charge in [-0.05, 0) is 51.3 Å². The molecule has 0 saturated carbocycles. The zero-order valence-corrected chi connectivity index (χ0v) is 12.4. The van der Waals surface area contributed by atoms with Crippen LogP contribution >= 0.6 is 0 Å². The molecule has 0 bridgehead atoms. The summed E-state index contributed by atoms with van der Waals surface area (Å²) in [5, 5.41) is 0. The van der Waals surface area contributed by atoms with Crippen molar-refractivity contribution < 1.29 is 9.31 Å². The van der Waals surface area contributed by atoms with Crippen LogP contribution in [-0.4, -0.2) is 23.3 Å². The lowest BCUT2D eigenvalue weighted by atomic mass is 9.89. The van der Waals surface area contributed by atoms with E-state index in [4.69, 9.17) is 9.31 Å². The van der Waals surface area contributed by atoms with E-state index in [1.807, 2.05) is 24.4 Å². The van der Waals surface area contributed by atoms with Gasteiger partial charge in [0.2, 0.25) is 0 Å². The second-order valence-corrected chi connectivity index (χ2v) is 5.96. The van der Waals surface area contributed by atoms with Gasteiger partial charge in [0.05, 0.1) is 11.2 Å². The molecule has 1 saturated heterocycles. The van der Waals surface area contributed by atoms with Crippen molar-refractivity contribution in [2.45, 2.75) is 52.2 Å². The number of aromatic nitrogens is 1. The van der Waals surface area contributed by atoms with Crippen LogP contribution in [0.25, 0.3) is 6.08 Å². The molecule has 0 amide bonds. The quantitative estimate of drug-likeness (QED) is 0.780. The molecule has 19 heavy (non-hydrogen) atoms. The van der Waals surface area contributed by atoms with Gasteiger partial charge in [-0.15, -0.1) is 0 Å². The molecule has 4 heteroatoms. The van der Waals surface area contributed by atoms with Crippen LogP contribution in [0.5, 0.6) is 0 Å². The van der Waals surface area contributed by atoms with Gasteiger partial charge in [-0.25, -0.2) is 0 Å². The Morgan fingerprint density at radius 3 is 2.37 bits per heavy atom. The molecule has 102 valence electrons. The predicted molar refractivity (Wildman–Crippen MR) is 78.7 cm³/mol. The van der Waals surface area contributed by atoms with Crippen molar-refractivity contribution in [3.63, 3.8) is 0 Å². The lowest BCUT2D eigenvalue weighted by molar-refractivity contribution is 0.00578. The molecule has 0 aromatic carbocycles. The largest absolute Gasteiger partial charge is 0.487 e. The fourth-order valence-corrected chi connectivity index (χ4v) is 1.95. The second-order valence-electron chi connectivity index (χ2n) is 5.96. The fraction of sp³-hybridized carbons (Fsp3) is 0.533. The summed E-state index contributed by atoms with van der Waals surface area (Å²) in [5.41, 5.74) is 1.74. The molecule has 1 fully saturated rings. The molecule has 1 aliphatic heterocycles. The third-order valence-corrected chi connectivity index (χ3v) is 3.94. The summed E-state index contributed by atoms with van der Waals surface area (Å²) in [5.74, 6) is 1.95. The number of pyridine rings is 1. The summed E-state index contributed by atoms with van der Waals surface area (Å²) in [4.78, 5) is 4.23. The van der Waals surface area contributed by atoms with Gasteiger partial charge in [0, 0.05) is 12.4 Å². The minimum absolute atomic E-state index is 0.286. The summed E-state index contributed by atoms with van der Waals surface area (Å²) in [6.07, 6.45) is 6.74. The minimum atomic E-state index is -0.296. The van der Waals surface area contributed by atoms with Gasteiger partial charge in [0.1, 0.15) is 0 Å². The standard InChI is InChI=1S/C15H22BNO2/c1-6-12-9-13(11-17-10-12)7-8-16-18-14(2,3)15(4,5)19-16/h7-11H,6H2,1-5H3/b8-7+. The Morgan fingerprint density at radius 1 is 1.16 bits per heavy atom. The lowest BCUT2D eigenvalue weighted by Gasteiger charge is -2.32. The van der Waals surface area contributed by atoms with Gasteiger partial charge in [-0.2, -0.15) is 0 Å². The van der Waals surface area contributed by atoms with E-state index in [9.17, 15) is 0 Å². The highest BCUT2D eigenvalue weighted by Gasteiger charge is 2.49. The first-order valence-electron chi connectivity index (χ1n) is 6.82. The third kappa shape index (κ3) is 3.07. The topological polar surface area (TPSA) is 31.4 Å². The van der Waals surface area contributed by atoms with Gasteiger partial charge >= 0.3 is 7.12 Å². The minimum Gasteiger partial charge on any atom is -0.400 e. The molecule has 0 N–H and O–H groups in total. The van der Waals surface area contributed by atoms with Crippen molar-refractivity contribution in [3.8, 4) is 0 Å². The number of aryl methyl sites for hydroxylation is 1. The van der Waals surface area contributed by atoms with Crippen LogP contribution in [0.15, 0.2) is 24.4 Å². The lowest BCUT2D eigenvalue weighted by Crippen LogP contribution is -2.41. The van der Waals surface area contributed by atoms with Gasteiger partial charge in [-0.3, -0.25) is 4.98 Å². The van der Waals surface area contributed by atoms with E-state index >= 15 is 0 Å². The van der Waals surface area contributed by atoms with E-state index in [-0.39, 0.29) is 18.3 Å². The fourth-order valence-electron chi connectivity index (χ4n) is 1.95. The number of rotatable bonds is 3. The average Bonchev–Trinajstić information content (AvgIpc) is 2.56. The van der Waals surface area contributed by atoms with Crippen LogP contribution in [0.1, 0.15) is 45.7 Å². The average molecular weight is 259 g/mol. The summed E-state index contributed by atoms with van der Waals surface area (Å²) in [6.45, 7) is 10.3. The highest BCUT2D eigenvalue weighted by atomic mass is 16.7. The summed E-state index contributed by atoms with van der Waals surface area (Å²) in [6, 6.07) is 2.13. The van der Waals surface area contributed by atoms with Crippen LogP contribution in [0.4, 0.5) is 0 Å². The van der Waals surface area contributed by atoms with E-state index in [0.717, 1.165) is 12.0 Å². The molecule has 2 rings (SSSR count). The van der Waals surface area contributed by atoms with Gasteiger partial charge in [0.25, 0.3) is 0 Å². The Bertz CT molecular complexity index is 467. The van der Waals surface area contributed by atoms with Crippen molar-refractivity contribution in [1.82, 2.24) is 4.98 Å². The van der Waals surface area contributed by atoms with Crippen molar-refractivity contribution in [2.75, 3.05) is 0 Å². The van der Waals surface area contributed by atoms with Gasteiger partial charge < -0.3 is 9.31 Å². The number of hydrogen-bond acceptors (Lipinski definition) is 3. The Balaban J connectivity index is 2.08. The van der Waals surface area contributed by atoms with Crippen LogP contribution in [0.3, 0.4) is 0 Å². The van der Waals surface area contributed by atoms with Crippen molar-refractivity contribution >= 4 is 13.2 Å². The van der Waals surface area contributed by atoms with Crippen molar-refractivity contribution in [1.29, 1.82) is 0 Å². The Kier molecular flexibility index (Phi) is 3.84. The predicted octanol–water partition coefficient (Wildman–Crippen LogP) is 3.29. The monoisotopic (exact) mass is 259 g/mol. The first-order valence-corrected chi connectivity index (χ1v) is 6.82. The zero-order chi connectivity index (χ0) is 14.1. The van der Waals surface area contributed by atoms with Crippen LogP contribution < -0.4 is 0 Å².